The summed E-state index contributed by atoms with van der Waals surface area (Å²) in [6.45, 7) is 0. The van der Waals surface area contributed by atoms with Crippen molar-refractivity contribution in [2.24, 2.45) is 0 Å². The van der Waals surface area contributed by atoms with Gasteiger partial charge in [0.2, 0.25) is 10.2 Å². The molecule has 0 heterocycles. The maximum Gasteiger partial charge on any atom is 0.216 e. The predicted molar refractivity (Wildman–Crippen MR) is 150 cm³/mol. The van der Waals surface area contributed by atoms with E-state index in [0.29, 0.717) is 0 Å². The zero-order valence-corrected chi connectivity index (χ0v) is 21.2. The van der Waals surface area contributed by atoms with Crippen molar-refractivity contribution in [3.63, 3.8) is 0 Å². The maximum atomic E-state index is 12.2. The molecule has 0 aliphatic rings. The molecule has 4 aromatic rings. The van der Waals surface area contributed by atoms with Gasteiger partial charge in [-0.2, -0.15) is 0 Å². The summed E-state index contributed by atoms with van der Waals surface area (Å²) in [5.41, 5.74) is 2.01. The van der Waals surface area contributed by atoms with Gasteiger partial charge in [0.15, 0.2) is 0 Å². The van der Waals surface area contributed by atoms with Gasteiger partial charge >= 0.3 is 0 Å². The van der Waals surface area contributed by atoms with E-state index < -0.39 is 0 Å². The molecule has 0 aliphatic carbocycles. The lowest BCUT2D eigenvalue weighted by molar-refractivity contribution is -0.107. The number of hydrogen-bond acceptors (Lipinski definition) is 5. The van der Waals surface area contributed by atoms with Crippen molar-refractivity contribution in [3.8, 4) is 0 Å². The molecule has 0 aromatic heterocycles. The van der Waals surface area contributed by atoms with Crippen LogP contribution in [0.15, 0.2) is 141 Å². The van der Waals surface area contributed by atoms with Crippen LogP contribution in [0.4, 0.5) is 0 Å². The Morgan fingerprint density at radius 3 is 1.17 bits per heavy atom. The number of benzene rings is 4. The molecule has 4 aromatic carbocycles. The molecule has 5 heteroatoms. The van der Waals surface area contributed by atoms with Gasteiger partial charge in [0.25, 0.3) is 0 Å². The van der Waals surface area contributed by atoms with Gasteiger partial charge < -0.3 is 0 Å². The van der Waals surface area contributed by atoms with Crippen molar-refractivity contribution < 1.29 is 9.59 Å². The molecule has 0 saturated heterocycles. The first-order chi connectivity index (χ1) is 17.1. The van der Waals surface area contributed by atoms with Crippen molar-refractivity contribution in [1.29, 1.82) is 0 Å². The van der Waals surface area contributed by atoms with Crippen LogP contribution in [0, 0.1) is 0 Å². The minimum atomic E-state index is -0.00416. The molecule has 4 rings (SSSR count). The van der Waals surface area contributed by atoms with Gasteiger partial charge in [-0.1, -0.05) is 84.6 Å². The predicted octanol–water partition coefficient (Wildman–Crippen LogP) is 8.50. The van der Waals surface area contributed by atoms with E-state index in [4.69, 9.17) is 0 Å². The summed E-state index contributed by atoms with van der Waals surface area (Å²) in [5, 5.41) is -0.00832. The number of thioether (sulfide) groups is 2. The van der Waals surface area contributed by atoms with Gasteiger partial charge in [-0.05, 0) is 95.3 Å². The first-order valence-corrected chi connectivity index (χ1v) is 13.4. The van der Waals surface area contributed by atoms with Crippen molar-refractivity contribution in [1.82, 2.24) is 0 Å². The highest BCUT2D eigenvalue weighted by molar-refractivity contribution is 8.14. The van der Waals surface area contributed by atoms with Crippen LogP contribution in [-0.2, 0) is 9.59 Å². The maximum absolute atomic E-state index is 12.2. The lowest BCUT2D eigenvalue weighted by Crippen LogP contribution is -1.85. The third kappa shape index (κ3) is 8.48. The van der Waals surface area contributed by atoms with E-state index in [1.54, 1.807) is 23.9 Å². The smallest absolute Gasteiger partial charge is 0.216 e. The van der Waals surface area contributed by atoms with E-state index in [2.05, 4.69) is 0 Å². The fourth-order valence-corrected chi connectivity index (χ4v) is 5.14. The SMILES string of the molecule is O=C(/C=C/c1ccccc1)Sc1ccc(Sc2ccc(SC(=O)/C=C/c3ccccc3)cc2)cc1. The fraction of sp³-hybridized carbons (Fsp3) is 0. The molecule has 35 heavy (non-hydrogen) atoms. The van der Waals surface area contributed by atoms with Gasteiger partial charge in [0.1, 0.15) is 0 Å². The second kappa shape index (κ2) is 13.0. The molecule has 0 radical (unpaired) electrons. The van der Waals surface area contributed by atoms with Gasteiger partial charge in [-0.25, -0.2) is 0 Å². The average Bonchev–Trinajstić information content (AvgIpc) is 2.90. The molecule has 0 spiro atoms. The lowest BCUT2D eigenvalue weighted by atomic mass is 10.2. The van der Waals surface area contributed by atoms with Crippen molar-refractivity contribution in [3.05, 3.63) is 132 Å². The highest BCUT2D eigenvalue weighted by Crippen LogP contribution is 2.31. The summed E-state index contributed by atoms with van der Waals surface area (Å²) in [7, 11) is 0. The molecular formula is C30H22O2S3. The van der Waals surface area contributed by atoms with E-state index >= 15 is 0 Å². The van der Waals surface area contributed by atoms with Crippen LogP contribution in [0.2, 0.25) is 0 Å². The second-order valence-electron chi connectivity index (χ2n) is 7.38. The van der Waals surface area contributed by atoms with Crippen LogP contribution in [0.1, 0.15) is 11.1 Å². The Bertz CT molecular complexity index is 1210. The van der Waals surface area contributed by atoms with Gasteiger partial charge in [0, 0.05) is 19.6 Å². The summed E-state index contributed by atoms with van der Waals surface area (Å²) in [4.78, 5) is 28.4. The number of hydrogen-bond donors (Lipinski definition) is 0. The highest BCUT2D eigenvalue weighted by atomic mass is 32.2. The zero-order valence-electron chi connectivity index (χ0n) is 18.7. The van der Waals surface area contributed by atoms with Gasteiger partial charge in [-0.3, -0.25) is 9.59 Å². The molecule has 2 nitrogen and oxygen atoms in total. The number of carbonyl (C=O) groups is 2. The fourth-order valence-electron chi connectivity index (χ4n) is 3.04. The number of rotatable bonds is 8. The lowest BCUT2D eigenvalue weighted by Gasteiger charge is -2.04. The van der Waals surface area contributed by atoms with Crippen LogP contribution in [-0.4, -0.2) is 10.2 Å². The first-order valence-electron chi connectivity index (χ1n) is 10.9. The topological polar surface area (TPSA) is 34.1 Å². The van der Waals surface area contributed by atoms with Gasteiger partial charge in [0.05, 0.1) is 0 Å². The Morgan fingerprint density at radius 2 is 0.800 bits per heavy atom. The summed E-state index contributed by atoms with van der Waals surface area (Å²) < 4.78 is 0. The summed E-state index contributed by atoms with van der Waals surface area (Å²) >= 11 is 4.07. The Hall–Kier alpha value is -3.25. The number of carbonyl (C=O) groups excluding carboxylic acids is 2. The Morgan fingerprint density at radius 1 is 0.457 bits per heavy atom. The standard InChI is InChI=1S/C30H22O2S3/c31-29(21-11-23-7-3-1-4-8-23)34-27-17-13-25(14-18-27)33-26-15-19-28(20-16-26)35-30(32)22-12-24-9-5-2-6-10-24/h1-22H/b21-11+,22-12+. The first kappa shape index (κ1) is 24.9. The average molecular weight is 511 g/mol. The molecule has 0 bridgehead atoms. The third-order valence-corrected chi connectivity index (χ3v) is 7.45. The van der Waals surface area contributed by atoms with Crippen molar-refractivity contribution in [2.45, 2.75) is 19.6 Å². The van der Waals surface area contributed by atoms with Crippen LogP contribution in [0.5, 0.6) is 0 Å². The minimum absolute atomic E-state index is 0.00416. The molecule has 0 amide bonds. The zero-order chi connectivity index (χ0) is 24.3. The Balaban J connectivity index is 1.27. The normalized spacial score (nSPS) is 11.2. The van der Waals surface area contributed by atoms with E-state index in [1.165, 1.54) is 23.5 Å². The van der Waals surface area contributed by atoms with E-state index in [9.17, 15) is 9.59 Å². The van der Waals surface area contributed by atoms with Crippen LogP contribution < -0.4 is 0 Å². The van der Waals surface area contributed by atoms with E-state index in [1.807, 2.05) is 121 Å². The summed E-state index contributed by atoms with van der Waals surface area (Å²) in [6, 6.07) is 35.5. The van der Waals surface area contributed by atoms with Crippen LogP contribution in [0.25, 0.3) is 12.2 Å². The second-order valence-corrected chi connectivity index (χ2v) is 10.7. The summed E-state index contributed by atoms with van der Waals surface area (Å²) in [6.07, 6.45) is 6.86. The monoisotopic (exact) mass is 510 g/mol. The minimum Gasteiger partial charge on any atom is -0.282 e. The van der Waals surface area contributed by atoms with Crippen LogP contribution >= 0.6 is 35.3 Å². The quantitative estimate of drug-likeness (QED) is 0.175. The molecule has 0 saturated carbocycles. The Kier molecular flexibility index (Phi) is 9.24. The molecule has 0 atom stereocenters. The molecule has 0 N–H and O–H groups in total. The van der Waals surface area contributed by atoms with Crippen molar-refractivity contribution >= 4 is 57.7 Å². The van der Waals surface area contributed by atoms with Crippen molar-refractivity contribution in [2.75, 3.05) is 0 Å². The van der Waals surface area contributed by atoms with Gasteiger partial charge in [-0.15, -0.1) is 0 Å². The Labute approximate surface area is 218 Å². The third-order valence-electron chi connectivity index (χ3n) is 4.74. The largest absolute Gasteiger partial charge is 0.282 e. The molecule has 0 aliphatic heterocycles. The molecule has 172 valence electrons. The molecule has 0 fully saturated rings. The highest BCUT2D eigenvalue weighted by Gasteiger charge is 2.05. The van der Waals surface area contributed by atoms with E-state index in [0.717, 1.165) is 30.7 Å². The van der Waals surface area contributed by atoms with E-state index in [-0.39, 0.29) is 10.2 Å². The summed E-state index contributed by atoms with van der Waals surface area (Å²) in [5.74, 6) is 0. The molecule has 0 unspecified atom stereocenters. The van der Waals surface area contributed by atoms with Crippen LogP contribution in [0.3, 0.4) is 0 Å². The molecular weight excluding hydrogens is 489 g/mol.